The number of amides is 1. The molecule has 0 N–H and O–H groups in total. The van der Waals surface area contributed by atoms with Crippen LogP contribution in [0.1, 0.15) is 27.2 Å². The predicted octanol–water partition coefficient (Wildman–Crippen LogP) is 7.07. The summed E-state index contributed by atoms with van der Waals surface area (Å²) >= 11 is 0. The molecule has 0 aliphatic carbocycles. The van der Waals surface area contributed by atoms with Gasteiger partial charge in [-0.25, -0.2) is 0 Å². The fourth-order valence-corrected chi connectivity index (χ4v) is 5.37. The average molecular weight is 596 g/mol. The van der Waals surface area contributed by atoms with Crippen molar-refractivity contribution in [2.75, 3.05) is 7.11 Å². The summed E-state index contributed by atoms with van der Waals surface area (Å²) < 4.78 is 81.5. The first kappa shape index (κ1) is 28.7. The monoisotopic (exact) mass is 595 g/mol. The number of hydrogen-bond acceptors (Lipinski definition) is 6. The Kier molecular flexibility index (Phi) is 7.95. The van der Waals surface area contributed by atoms with Gasteiger partial charge in [-0.05, 0) is 70.9 Å². The third-order valence-corrected chi connectivity index (χ3v) is 7.69. The lowest BCUT2D eigenvalue weighted by Crippen LogP contribution is -2.30. The minimum Gasteiger partial charge on any atom is -0.493 e. The summed E-state index contributed by atoms with van der Waals surface area (Å²) in [4.78, 5) is 14.5. The number of carbonyl (C=O) groups is 1. The summed E-state index contributed by atoms with van der Waals surface area (Å²) in [7, 11) is -3.37. The van der Waals surface area contributed by atoms with E-state index >= 15 is 0 Å². The SMILES string of the molecule is COc1ccc(CN(Cc2ccco2)C(=O)c2ccc3ccccc3c2)cc1OS(=O)(=O)c1cccc(C(F)(F)F)c1. The van der Waals surface area contributed by atoms with Crippen LogP contribution in [0.15, 0.2) is 113 Å². The van der Waals surface area contributed by atoms with E-state index < -0.39 is 26.8 Å². The second-order valence-corrected chi connectivity index (χ2v) is 10.9. The molecule has 0 saturated carbocycles. The summed E-state index contributed by atoms with van der Waals surface area (Å²) in [6.45, 7) is 0.139. The molecule has 0 unspecified atom stereocenters. The van der Waals surface area contributed by atoms with Crippen molar-refractivity contribution >= 4 is 26.8 Å². The van der Waals surface area contributed by atoms with E-state index in [4.69, 9.17) is 13.3 Å². The van der Waals surface area contributed by atoms with Crippen LogP contribution in [0.4, 0.5) is 13.2 Å². The summed E-state index contributed by atoms with van der Waals surface area (Å²) in [5, 5.41) is 1.87. The molecule has 0 atom stereocenters. The third-order valence-electron chi connectivity index (χ3n) is 6.46. The van der Waals surface area contributed by atoms with Gasteiger partial charge in [0.2, 0.25) is 0 Å². The van der Waals surface area contributed by atoms with Gasteiger partial charge < -0.3 is 18.2 Å². The van der Waals surface area contributed by atoms with Crippen LogP contribution in [0.5, 0.6) is 11.5 Å². The zero-order valence-electron chi connectivity index (χ0n) is 22.2. The molecule has 5 rings (SSSR count). The molecule has 0 spiro atoms. The Morgan fingerprint density at radius 1 is 0.833 bits per heavy atom. The van der Waals surface area contributed by atoms with Gasteiger partial charge in [-0.3, -0.25) is 4.79 Å². The van der Waals surface area contributed by atoms with Crippen molar-refractivity contribution < 1.29 is 39.7 Å². The molecule has 4 aromatic carbocycles. The van der Waals surface area contributed by atoms with Crippen molar-refractivity contribution in [1.29, 1.82) is 0 Å². The number of hydrogen-bond donors (Lipinski definition) is 0. The molecule has 0 aliphatic heterocycles. The standard InChI is InChI=1S/C31H24F3NO6S/c1-39-28-14-11-21(16-29(28)41-42(37,38)27-10-4-8-25(18-27)31(32,33)34)19-35(20-26-9-5-15-40-26)30(36)24-13-12-22-6-2-3-7-23(22)17-24/h2-18H,19-20H2,1H3. The summed E-state index contributed by atoms with van der Waals surface area (Å²) in [5.74, 6) is 0.0181. The zero-order valence-corrected chi connectivity index (χ0v) is 23.0. The summed E-state index contributed by atoms with van der Waals surface area (Å²) in [6, 6.07) is 24.1. The van der Waals surface area contributed by atoms with Gasteiger partial charge >= 0.3 is 16.3 Å². The highest BCUT2D eigenvalue weighted by Crippen LogP contribution is 2.34. The van der Waals surface area contributed by atoms with Gasteiger partial charge in [-0.1, -0.05) is 42.5 Å². The Labute approximate surface area is 239 Å². The van der Waals surface area contributed by atoms with Crippen LogP contribution in [0.2, 0.25) is 0 Å². The summed E-state index contributed by atoms with van der Waals surface area (Å²) in [6.07, 6.45) is -3.25. The van der Waals surface area contributed by atoms with E-state index in [1.807, 2.05) is 30.3 Å². The number of halogens is 3. The molecule has 1 amide bonds. The molecule has 0 saturated heterocycles. The molecule has 5 aromatic rings. The minimum atomic E-state index is -4.74. The smallest absolute Gasteiger partial charge is 0.416 e. The average Bonchev–Trinajstić information content (AvgIpc) is 3.49. The van der Waals surface area contributed by atoms with Crippen LogP contribution >= 0.6 is 0 Å². The maximum atomic E-state index is 13.7. The Bertz CT molecular complexity index is 1840. The van der Waals surface area contributed by atoms with Crippen LogP contribution in [0.25, 0.3) is 10.8 Å². The molecule has 0 aliphatic rings. The van der Waals surface area contributed by atoms with Gasteiger partial charge in [0, 0.05) is 12.1 Å². The first-order valence-corrected chi connectivity index (χ1v) is 14.0. The van der Waals surface area contributed by atoms with Crippen molar-refractivity contribution in [2.24, 2.45) is 0 Å². The lowest BCUT2D eigenvalue weighted by atomic mass is 10.1. The third kappa shape index (κ3) is 6.41. The Morgan fingerprint density at radius 3 is 2.33 bits per heavy atom. The molecule has 42 heavy (non-hydrogen) atoms. The highest BCUT2D eigenvalue weighted by molar-refractivity contribution is 7.87. The van der Waals surface area contributed by atoms with E-state index in [1.165, 1.54) is 30.4 Å². The van der Waals surface area contributed by atoms with Crippen molar-refractivity contribution in [3.63, 3.8) is 0 Å². The normalized spacial score (nSPS) is 11.8. The van der Waals surface area contributed by atoms with Crippen molar-refractivity contribution in [1.82, 2.24) is 4.90 Å². The zero-order chi connectivity index (χ0) is 29.9. The largest absolute Gasteiger partial charge is 0.493 e. The number of fused-ring (bicyclic) bond motifs is 1. The van der Waals surface area contributed by atoms with E-state index in [-0.39, 0.29) is 30.5 Å². The first-order chi connectivity index (χ1) is 20.0. The molecule has 0 bridgehead atoms. The highest BCUT2D eigenvalue weighted by Gasteiger charge is 2.32. The van der Waals surface area contributed by atoms with Gasteiger partial charge in [-0.15, -0.1) is 0 Å². The number of alkyl halides is 3. The molecule has 7 nitrogen and oxygen atoms in total. The lowest BCUT2D eigenvalue weighted by molar-refractivity contribution is -0.137. The molecule has 0 fully saturated rings. The van der Waals surface area contributed by atoms with E-state index in [0.717, 1.165) is 29.0 Å². The fraction of sp³-hybridized carbons (Fsp3) is 0.129. The molecular formula is C31H24F3NO6S. The van der Waals surface area contributed by atoms with Gasteiger partial charge in [0.05, 0.1) is 25.5 Å². The van der Waals surface area contributed by atoms with Crippen LogP contribution in [0.3, 0.4) is 0 Å². The van der Waals surface area contributed by atoms with Crippen molar-refractivity contribution in [3.8, 4) is 11.5 Å². The minimum absolute atomic E-state index is 0.0241. The van der Waals surface area contributed by atoms with E-state index in [9.17, 15) is 26.4 Å². The molecule has 11 heteroatoms. The summed E-state index contributed by atoms with van der Waals surface area (Å²) in [5.41, 5.74) is -0.211. The van der Waals surface area contributed by atoms with Crippen LogP contribution in [-0.4, -0.2) is 26.3 Å². The molecule has 0 radical (unpaired) electrons. The topological polar surface area (TPSA) is 86.0 Å². The van der Waals surface area contributed by atoms with Crippen LogP contribution in [0, 0.1) is 0 Å². The molecule has 1 heterocycles. The number of ether oxygens (including phenoxy) is 1. The Balaban J connectivity index is 1.46. The molecular weight excluding hydrogens is 571 g/mol. The first-order valence-electron chi connectivity index (χ1n) is 12.6. The number of nitrogens with zero attached hydrogens (tertiary/aromatic N) is 1. The van der Waals surface area contributed by atoms with E-state index in [1.54, 1.807) is 30.3 Å². The van der Waals surface area contributed by atoms with E-state index in [2.05, 4.69) is 0 Å². The number of methoxy groups -OCH3 is 1. The van der Waals surface area contributed by atoms with Gasteiger partial charge in [0.15, 0.2) is 11.5 Å². The maximum Gasteiger partial charge on any atom is 0.416 e. The molecule has 216 valence electrons. The van der Waals surface area contributed by atoms with Gasteiger partial charge in [-0.2, -0.15) is 21.6 Å². The predicted molar refractivity (Wildman–Crippen MR) is 148 cm³/mol. The Hall–Kier alpha value is -4.77. The second-order valence-electron chi connectivity index (χ2n) is 9.35. The highest BCUT2D eigenvalue weighted by atomic mass is 32.2. The Morgan fingerprint density at radius 2 is 1.62 bits per heavy atom. The van der Waals surface area contributed by atoms with Gasteiger partial charge in [0.1, 0.15) is 10.7 Å². The number of benzene rings is 4. The van der Waals surface area contributed by atoms with Crippen LogP contribution in [-0.2, 0) is 29.4 Å². The second kappa shape index (κ2) is 11.6. The van der Waals surface area contributed by atoms with E-state index in [0.29, 0.717) is 23.0 Å². The lowest BCUT2D eigenvalue weighted by Gasteiger charge is -2.23. The molecule has 1 aromatic heterocycles. The quantitative estimate of drug-likeness (QED) is 0.170. The fourth-order valence-electron chi connectivity index (χ4n) is 4.39. The number of furan rings is 1. The van der Waals surface area contributed by atoms with Crippen molar-refractivity contribution in [3.05, 3.63) is 126 Å². The maximum absolute atomic E-state index is 13.7. The van der Waals surface area contributed by atoms with Gasteiger partial charge in [0.25, 0.3) is 5.91 Å². The van der Waals surface area contributed by atoms with Crippen molar-refractivity contribution in [2.45, 2.75) is 24.2 Å². The number of rotatable bonds is 9. The number of carbonyl (C=O) groups excluding carboxylic acids is 1. The van der Waals surface area contributed by atoms with Crippen LogP contribution < -0.4 is 8.92 Å².